The zero-order valence-electron chi connectivity index (χ0n) is 19.7. The van der Waals surface area contributed by atoms with Crippen molar-refractivity contribution in [2.45, 2.75) is 6.54 Å². The average molecular weight is 499 g/mol. The number of para-hydroxylation sites is 2. The summed E-state index contributed by atoms with van der Waals surface area (Å²) in [6.45, 7) is 4.88. The van der Waals surface area contributed by atoms with Crippen molar-refractivity contribution in [3.05, 3.63) is 96.1 Å². The summed E-state index contributed by atoms with van der Waals surface area (Å²) in [6, 6.07) is 27.5. The number of fused-ring (bicyclic) bond motifs is 2. The molecule has 0 aliphatic carbocycles. The molecule has 6 nitrogen and oxygen atoms in total. The summed E-state index contributed by atoms with van der Waals surface area (Å²) < 4.78 is 6.18. The van der Waals surface area contributed by atoms with Crippen LogP contribution in [0.15, 0.2) is 89.3 Å². The molecule has 4 aromatic carbocycles. The molecule has 0 unspecified atom stereocenters. The maximum Gasteiger partial charge on any atom is 0.255 e. The van der Waals surface area contributed by atoms with Gasteiger partial charge in [0.2, 0.25) is 5.89 Å². The summed E-state index contributed by atoms with van der Waals surface area (Å²) in [4.78, 5) is 20.4. The van der Waals surface area contributed by atoms with E-state index in [9.17, 15) is 4.79 Å². The van der Waals surface area contributed by atoms with Gasteiger partial charge in [-0.3, -0.25) is 9.69 Å². The fourth-order valence-electron chi connectivity index (χ4n) is 4.66. The molecule has 7 heteroatoms. The van der Waals surface area contributed by atoms with Crippen LogP contribution in [0.5, 0.6) is 0 Å². The molecule has 1 amide bonds. The number of oxazole rings is 1. The number of benzene rings is 4. The number of amides is 1. The van der Waals surface area contributed by atoms with E-state index in [1.807, 2.05) is 78.9 Å². The minimum absolute atomic E-state index is 0. The van der Waals surface area contributed by atoms with Crippen molar-refractivity contribution in [1.82, 2.24) is 15.2 Å². The molecule has 6 rings (SSSR count). The molecule has 2 N–H and O–H groups in total. The number of halogens is 1. The molecule has 0 bridgehead atoms. The van der Waals surface area contributed by atoms with Gasteiger partial charge in [0.05, 0.1) is 11.3 Å². The van der Waals surface area contributed by atoms with Gasteiger partial charge < -0.3 is 15.1 Å². The number of piperazine rings is 1. The van der Waals surface area contributed by atoms with Gasteiger partial charge in [0.25, 0.3) is 5.91 Å². The molecule has 36 heavy (non-hydrogen) atoms. The summed E-state index contributed by atoms with van der Waals surface area (Å²) in [7, 11) is 0. The van der Waals surface area contributed by atoms with Crippen molar-refractivity contribution in [2.24, 2.45) is 0 Å². The summed E-state index contributed by atoms with van der Waals surface area (Å²) in [6.07, 6.45) is 0. The van der Waals surface area contributed by atoms with E-state index in [0.29, 0.717) is 17.1 Å². The Balaban J connectivity index is 0.00000267. The van der Waals surface area contributed by atoms with Crippen molar-refractivity contribution in [1.29, 1.82) is 0 Å². The van der Waals surface area contributed by atoms with Gasteiger partial charge in [-0.2, -0.15) is 0 Å². The highest BCUT2D eigenvalue weighted by molar-refractivity contribution is 6.08. The Labute approximate surface area is 215 Å². The van der Waals surface area contributed by atoms with E-state index in [2.05, 4.69) is 21.6 Å². The van der Waals surface area contributed by atoms with Crippen LogP contribution in [-0.4, -0.2) is 42.0 Å². The second kappa shape index (κ2) is 10.5. The summed E-state index contributed by atoms with van der Waals surface area (Å²) in [5, 5.41) is 8.59. The van der Waals surface area contributed by atoms with E-state index in [4.69, 9.17) is 9.40 Å². The lowest BCUT2D eigenvalue weighted by Crippen LogP contribution is -2.42. The third kappa shape index (κ3) is 4.84. The van der Waals surface area contributed by atoms with Crippen LogP contribution < -0.4 is 10.6 Å². The lowest BCUT2D eigenvalue weighted by Gasteiger charge is -2.27. The predicted molar refractivity (Wildman–Crippen MR) is 147 cm³/mol. The molecule has 1 fully saturated rings. The van der Waals surface area contributed by atoms with Crippen LogP contribution in [0.4, 0.5) is 5.69 Å². The Kier molecular flexibility index (Phi) is 7.00. The first-order chi connectivity index (χ1) is 17.2. The third-order valence-electron chi connectivity index (χ3n) is 6.52. The van der Waals surface area contributed by atoms with Crippen LogP contribution in [0.2, 0.25) is 0 Å². The van der Waals surface area contributed by atoms with Crippen molar-refractivity contribution < 1.29 is 9.21 Å². The number of carbonyl (C=O) groups is 1. The molecule has 0 atom stereocenters. The second-order valence-electron chi connectivity index (χ2n) is 8.87. The minimum atomic E-state index is -0.168. The van der Waals surface area contributed by atoms with Crippen LogP contribution in [0, 0.1) is 0 Å². The Morgan fingerprint density at radius 1 is 0.917 bits per heavy atom. The maximum atomic E-state index is 13.1. The van der Waals surface area contributed by atoms with Crippen molar-refractivity contribution in [3.8, 4) is 11.5 Å². The Hall–Kier alpha value is -3.71. The highest BCUT2D eigenvalue weighted by atomic mass is 35.5. The maximum absolute atomic E-state index is 13.1. The SMILES string of the molecule is Cl.O=C(Nc1ccccc1-c1nc2c(CN3CCNCC3)cccc2o1)c1ccc2ccccc2c1. The van der Waals surface area contributed by atoms with Gasteiger partial charge in [-0.05, 0) is 46.7 Å². The van der Waals surface area contributed by atoms with E-state index < -0.39 is 0 Å². The van der Waals surface area contributed by atoms with Crippen molar-refractivity contribution >= 4 is 45.9 Å². The lowest BCUT2D eigenvalue weighted by molar-refractivity contribution is 0.102. The highest BCUT2D eigenvalue weighted by Crippen LogP contribution is 2.32. The molecular formula is C29H27ClN4O2. The van der Waals surface area contributed by atoms with Gasteiger partial charge in [-0.15, -0.1) is 12.4 Å². The number of hydrogen-bond acceptors (Lipinski definition) is 5. The van der Waals surface area contributed by atoms with Crippen LogP contribution in [-0.2, 0) is 6.54 Å². The third-order valence-corrected chi connectivity index (χ3v) is 6.52. The predicted octanol–water partition coefficient (Wildman–Crippen LogP) is 5.73. The highest BCUT2D eigenvalue weighted by Gasteiger charge is 2.18. The van der Waals surface area contributed by atoms with Crippen LogP contribution in [0.3, 0.4) is 0 Å². The Morgan fingerprint density at radius 2 is 1.69 bits per heavy atom. The molecule has 1 saturated heterocycles. The van der Waals surface area contributed by atoms with E-state index >= 15 is 0 Å². The molecule has 1 aliphatic heterocycles. The fraction of sp³-hybridized carbons (Fsp3) is 0.172. The largest absolute Gasteiger partial charge is 0.436 e. The van der Waals surface area contributed by atoms with E-state index in [1.54, 1.807) is 0 Å². The van der Waals surface area contributed by atoms with Gasteiger partial charge >= 0.3 is 0 Å². The molecular weight excluding hydrogens is 472 g/mol. The number of carbonyl (C=O) groups excluding carboxylic acids is 1. The first-order valence-electron chi connectivity index (χ1n) is 12.0. The van der Waals surface area contributed by atoms with E-state index in [-0.39, 0.29) is 18.3 Å². The van der Waals surface area contributed by atoms with Gasteiger partial charge in [-0.1, -0.05) is 54.6 Å². The smallest absolute Gasteiger partial charge is 0.255 e. The molecule has 5 aromatic rings. The summed E-state index contributed by atoms with van der Waals surface area (Å²) in [5.41, 5.74) is 4.80. The first kappa shape index (κ1) is 24.0. The first-order valence-corrected chi connectivity index (χ1v) is 12.0. The molecule has 0 spiro atoms. The van der Waals surface area contributed by atoms with Gasteiger partial charge in [0.15, 0.2) is 5.58 Å². The number of nitrogens with zero attached hydrogens (tertiary/aromatic N) is 2. The zero-order chi connectivity index (χ0) is 23.6. The standard InChI is InChI=1S/C29H26N4O2.ClH/c34-28(22-13-12-20-6-1-2-7-21(20)18-22)31-25-10-4-3-9-24(25)29-32-27-23(8-5-11-26(27)35-29)19-33-16-14-30-15-17-33;/h1-13,18,30H,14-17,19H2,(H,31,34);1H. The van der Waals surface area contributed by atoms with Gasteiger partial charge in [0, 0.05) is 38.3 Å². The summed E-state index contributed by atoms with van der Waals surface area (Å²) >= 11 is 0. The number of rotatable bonds is 5. The van der Waals surface area contributed by atoms with E-state index in [0.717, 1.165) is 65.7 Å². The van der Waals surface area contributed by atoms with E-state index in [1.165, 1.54) is 0 Å². The molecule has 1 aromatic heterocycles. The summed E-state index contributed by atoms with van der Waals surface area (Å²) in [5.74, 6) is 0.334. The monoisotopic (exact) mass is 498 g/mol. The Morgan fingerprint density at radius 3 is 2.56 bits per heavy atom. The molecule has 182 valence electrons. The number of anilines is 1. The quantitative estimate of drug-likeness (QED) is 0.324. The molecule has 2 heterocycles. The zero-order valence-corrected chi connectivity index (χ0v) is 20.6. The fourth-order valence-corrected chi connectivity index (χ4v) is 4.66. The van der Waals surface area contributed by atoms with Gasteiger partial charge in [0.1, 0.15) is 5.52 Å². The van der Waals surface area contributed by atoms with Crippen molar-refractivity contribution in [2.75, 3.05) is 31.5 Å². The average Bonchev–Trinajstić information content (AvgIpc) is 3.35. The topological polar surface area (TPSA) is 70.4 Å². The Bertz CT molecular complexity index is 1520. The van der Waals surface area contributed by atoms with Crippen LogP contribution in [0.25, 0.3) is 33.3 Å². The van der Waals surface area contributed by atoms with Crippen molar-refractivity contribution in [3.63, 3.8) is 0 Å². The second-order valence-corrected chi connectivity index (χ2v) is 8.87. The molecule has 0 saturated carbocycles. The van der Waals surface area contributed by atoms with Crippen LogP contribution >= 0.6 is 12.4 Å². The normalized spacial score (nSPS) is 14.0. The number of hydrogen-bond donors (Lipinski definition) is 2. The molecule has 0 radical (unpaired) electrons. The minimum Gasteiger partial charge on any atom is -0.436 e. The lowest BCUT2D eigenvalue weighted by atomic mass is 10.1. The molecule has 1 aliphatic rings. The number of nitrogens with one attached hydrogen (secondary N) is 2. The van der Waals surface area contributed by atoms with Gasteiger partial charge in [-0.25, -0.2) is 4.98 Å². The van der Waals surface area contributed by atoms with Crippen LogP contribution in [0.1, 0.15) is 15.9 Å². The number of aromatic nitrogens is 1.